The lowest BCUT2D eigenvalue weighted by molar-refractivity contribution is -0.137. The number of fused-ring (bicyclic) bond motifs is 1. The quantitative estimate of drug-likeness (QED) is 0.745. The minimum Gasteiger partial charge on any atom is -0.366 e. The largest absolute Gasteiger partial charge is 0.416 e. The summed E-state index contributed by atoms with van der Waals surface area (Å²) in [6.45, 7) is 0. The third kappa shape index (κ3) is 3.20. The van der Waals surface area contributed by atoms with Crippen LogP contribution in [0.15, 0.2) is 59.7 Å². The van der Waals surface area contributed by atoms with Gasteiger partial charge in [0.1, 0.15) is 5.84 Å². The van der Waals surface area contributed by atoms with Gasteiger partial charge in [0.2, 0.25) is 0 Å². The first kappa shape index (κ1) is 16.3. The molecule has 0 radical (unpaired) electrons. The van der Waals surface area contributed by atoms with E-state index >= 15 is 0 Å². The molecular formula is C19H17F3N2. The highest BCUT2D eigenvalue weighted by molar-refractivity contribution is 5.91. The zero-order chi connectivity index (χ0) is 17.3. The molecule has 0 atom stereocenters. The van der Waals surface area contributed by atoms with Crippen LogP contribution in [0.3, 0.4) is 0 Å². The maximum atomic E-state index is 12.8. The number of halogens is 3. The Morgan fingerprint density at radius 1 is 0.958 bits per heavy atom. The summed E-state index contributed by atoms with van der Waals surface area (Å²) in [5.74, 6) is 0.907. The van der Waals surface area contributed by atoms with Crippen LogP contribution in [0.5, 0.6) is 0 Å². The Balaban J connectivity index is 2.08. The summed E-state index contributed by atoms with van der Waals surface area (Å²) in [5.41, 5.74) is 3.01. The lowest BCUT2D eigenvalue weighted by atomic mass is 9.93. The molecule has 0 spiro atoms. The third-order valence-electron chi connectivity index (χ3n) is 4.04. The molecule has 2 aromatic carbocycles. The van der Waals surface area contributed by atoms with Crippen molar-refractivity contribution in [2.45, 2.75) is 12.6 Å². The van der Waals surface area contributed by atoms with Gasteiger partial charge < -0.3 is 4.90 Å². The number of hydrogen-bond acceptors (Lipinski definition) is 2. The van der Waals surface area contributed by atoms with Crippen molar-refractivity contribution in [1.29, 1.82) is 0 Å². The number of likely N-dealkylation sites (N-methyl/N-ethyl adjacent to an activating group) is 1. The standard InChI is InChI=1S/C19H17F3N2/c1-24(2)18-11-14-5-3-4-6-16(14)17(12-23-18)13-7-9-15(10-8-13)19(20,21)22/h3-10,12H,11H2,1-2H3. The van der Waals surface area contributed by atoms with E-state index in [2.05, 4.69) is 4.99 Å². The van der Waals surface area contributed by atoms with Gasteiger partial charge in [-0.3, -0.25) is 0 Å². The van der Waals surface area contributed by atoms with Gasteiger partial charge >= 0.3 is 6.18 Å². The van der Waals surface area contributed by atoms with Crippen LogP contribution in [-0.4, -0.2) is 24.8 Å². The molecule has 0 aromatic heterocycles. The molecule has 2 nitrogen and oxygen atoms in total. The highest BCUT2D eigenvalue weighted by Crippen LogP contribution is 2.33. The molecular weight excluding hydrogens is 313 g/mol. The minimum atomic E-state index is -4.33. The fraction of sp³-hybridized carbons (Fsp3) is 0.211. The average molecular weight is 330 g/mol. The second-order valence-electron chi connectivity index (χ2n) is 5.89. The van der Waals surface area contributed by atoms with Gasteiger partial charge in [-0.1, -0.05) is 36.4 Å². The fourth-order valence-electron chi connectivity index (χ4n) is 2.70. The smallest absolute Gasteiger partial charge is 0.366 e. The van der Waals surface area contributed by atoms with Crippen molar-refractivity contribution in [3.05, 3.63) is 77.0 Å². The van der Waals surface area contributed by atoms with Crippen LogP contribution in [0.25, 0.3) is 5.57 Å². The van der Waals surface area contributed by atoms with Crippen LogP contribution in [-0.2, 0) is 12.6 Å². The normalized spacial score (nSPS) is 14.4. The first-order valence-electron chi connectivity index (χ1n) is 7.56. The van der Waals surface area contributed by atoms with Crippen LogP contribution in [0.2, 0.25) is 0 Å². The Hall–Kier alpha value is -2.56. The van der Waals surface area contributed by atoms with Crippen LogP contribution in [0, 0.1) is 0 Å². The summed E-state index contributed by atoms with van der Waals surface area (Å²) in [7, 11) is 3.86. The molecule has 24 heavy (non-hydrogen) atoms. The van der Waals surface area contributed by atoms with E-state index in [1.807, 2.05) is 43.3 Å². The molecule has 1 aliphatic heterocycles. The zero-order valence-electron chi connectivity index (χ0n) is 13.4. The third-order valence-corrected chi connectivity index (χ3v) is 4.04. The summed E-state index contributed by atoms with van der Waals surface area (Å²) >= 11 is 0. The summed E-state index contributed by atoms with van der Waals surface area (Å²) in [6.07, 6.45) is -1.90. The van der Waals surface area contributed by atoms with E-state index in [1.165, 1.54) is 12.1 Å². The van der Waals surface area contributed by atoms with E-state index < -0.39 is 11.7 Å². The van der Waals surface area contributed by atoms with Crippen molar-refractivity contribution in [3.8, 4) is 0 Å². The molecule has 1 heterocycles. The van der Waals surface area contributed by atoms with Crippen molar-refractivity contribution in [3.63, 3.8) is 0 Å². The second kappa shape index (κ2) is 6.15. The van der Waals surface area contributed by atoms with Gasteiger partial charge in [-0.05, 0) is 28.8 Å². The molecule has 3 rings (SSSR count). The first-order valence-corrected chi connectivity index (χ1v) is 7.56. The van der Waals surface area contributed by atoms with Crippen molar-refractivity contribution < 1.29 is 13.2 Å². The Kier molecular flexibility index (Phi) is 4.18. The Labute approximate surface area is 138 Å². The van der Waals surface area contributed by atoms with E-state index in [4.69, 9.17) is 0 Å². The molecule has 0 unspecified atom stereocenters. The van der Waals surface area contributed by atoms with E-state index in [-0.39, 0.29) is 0 Å². The Bertz CT molecular complexity index is 800. The molecule has 1 aliphatic rings. The minimum absolute atomic E-state index is 0.647. The Morgan fingerprint density at radius 2 is 1.62 bits per heavy atom. The maximum Gasteiger partial charge on any atom is 0.416 e. The van der Waals surface area contributed by atoms with Crippen LogP contribution >= 0.6 is 0 Å². The average Bonchev–Trinajstić information content (AvgIpc) is 2.74. The van der Waals surface area contributed by atoms with E-state index in [9.17, 15) is 13.2 Å². The van der Waals surface area contributed by atoms with E-state index in [1.54, 1.807) is 6.20 Å². The molecule has 5 heteroatoms. The number of rotatable bonds is 1. The summed E-state index contributed by atoms with van der Waals surface area (Å²) in [6, 6.07) is 13.1. The van der Waals surface area contributed by atoms with Gasteiger partial charge in [-0.15, -0.1) is 0 Å². The van der Waals surface area contributed by atoms with E-state index in [0.717, 1.165) is 40.2 Å². The van der Waals surface area contributed by atoms with Crippen LogP contribution in [0.4, 0.5) is 13.2 Å². The van der Waals surface area contributed by atoms with Gasteiger partial charge in [-0.2, -0.15) is 13.2 Å². The molecule has 0 fully saturated rings. The van der Waals surface area contributed by atoms with E-state index in [0.29, 0.717) is 6.42 Å². The number of aliphatic imine (C=N–C) groups is 1. The summed E-state index contributed by atoms with van der Waals surface area (Å²) in [5, 5.41) is 0. The van der Waals surface area contributed by atoms with Crippen molar-refractivity contribution in [2.24, 2.45) is 4.99 Å². The van der Waals surface area contributed by atoms with Gasteiger partial charge in [0.15, 0.2) is 0 Å². The van der Waals surface area contributed by atoms with Gasteiger partial charge in [0, 0.05) is 32.3 Å². The first-order chi connectivity index (χ1) is 11.4. The lowest BCUT2D eigenvalue weighted by Crippen LogP contribution is -2.23. The molecule has 0 bridgehead atoms. The van der Waals surface area contributed by atoms with Crippen molar-refractivity contribution in [2.75, 3.05) is 14.1 Å². The number of hydrogen-bond donors (Lipinski definition) is 0. The Morgan fingerprint density at radius 3 is 2.25 bits per heavy atom. The van der Waals surface area contributed by atoms with Crippen LogP contribution < -0.4 is 0 Å². The van der Waals surface area contributed by atoms with Crippen molar-refractivity contribution >= 4 is 11.4 Å². The molecule has 0 amide bonds. The van der Waals surface area contributed by atoms with Gasteiger partial charge in [0.05, 0.1) is 5.56 Å². The van der Waals surface area contributed by atoms with Crippen LogP contribution in [0.1, 0.15) is 22.3 Å². The molecule has 2 aromatic rings. The lowest BCUT2D eigenvalue weighted by Gasteiger charge is -2.15. The number of amidine groups is 1. The van der Waals surface area contributed by atoms with Crippen molar-refractivity contribution in [1.82, 2.24) is 4.90 Å². The zero-order valence-corrected chi connectivity index (χ0v) is 13.4. The number of alkyl halides is 3. The summed E-state index contributed by atoms with van der Waals surface area (Å²) in [4.78, 5) is 6.47. The molecule has 0 saturated heterocycles. The monoisotopic (exact) mass is 330 g/mol. The van der Waals surface area contributed by atoms with Gasteiger partial charge in [-0.25, -0.2) is 4.99 Å². The predicted octanol–water partition coefficient (Wildman–Crippen LogP) is 4.61. The predicted molar refractivity (Wildman–Crippen MR) is 89.8 cm³/mol. The second-order valence-corrected chi connectivity index (χ2v) is 5.89. The highest BCUT2D eigenvalue weighted by atomic mass is 19.4. The number of nitrogens with zero attached hydrogens (tertiary/aromatic N) is 2. The summed E-state index contributed by atoms with van der Waals surface area (Å²) < 4.78 is 38.3. The maximum absolute atomic E-state index is 12.8. The topological polar surface area (TPSA) is 15.6 Å². The van der Waals surface area contributed by atoms with Gasteiger partial charge in [0.25, 0.3) is 0 Å². The molecule has 0 aliphatic carbocycles. The fourth-order valence-corrected chi connectivity index (χ4v) is 2.70. The number of benzene rings is 2. The molecule has 124 valence electrons. The highest BCUT2D eigenvalue weighted by Gasteiger charge is 2.30. The SMILES string of the molecule is CN(C)C1=NC=C(c2ccc(C(F)(F)F)cc2)c2ccccc2C1. The molecule has 0 N–H and O–H groups in total. The molecule has 0 saturated carbocycles.